The molecule has 1 aliphatic rings. The van der Waals surface area contributed by atoms with Crippen LogP contribution in [0, 0.1) is 10.1 Å². The van der Waals surface area contributed by atoms with E-state index in [1.165, 1.54) is 30.0 Å². The van der Waals surface area contributed by atoms with Gasteiger partial charge in [-0.3, -0.25) is 19.9 Å². The number of carbonyl (C=O) groups excluding carboxylic acids is 1. The highest BCUT2D eigenvalue weighted by atomic mass is 35.5. The summed E-state index contributed by atoms with van der Waals surface area (Å²) in [5.74, 6) is 0.874. The molecule has 0 bridgehead atoms. The van der Waals surface area contributed by atoms with Gasteiger partial charge in [0, 0.05) is 17.9 Å². The van der Waals surface area contributed by atoms with E-state index in [9.17, 15) is 14.9 Å². The van der Waals surface area contributed by atoms with Crippen LogP contribution in [-0.2, 0) is 4.79 Å². The molecule has 106 valence electrons. The van der Waals surface area contributed by atoms with Crippen LogP contribution in [0.25, 0.3) is 0 Å². The number of nitro benzene ring substituents is 1. The normalized spacial score (nSPS) is 13.9. The first-order chi connectivity index (χ1) is 9.56. The Kier molecular flexibility index (Phi) is 5.27. The maximum absolute atomic E-state index is 11.8. The summed E-state index contributed by atoms with van der Waals surface area (Å²) in [6, 6.07) is 3.92. The van der Waals surface area contributed by atoms with Crippen molar-refractivity contribution in [1.82, 2.24) is 0 Å². The van der Waals surface area contributed by atoms with Crippen LogP contribution in [0.5, 0.6) is 0 Å². The van der Waals surface area contributed by atoms with Crippen molar-refractivity contribution in [2.24, 2.45) is 4.99 Å². The second-order valence-electron chi connectivity index (χ2n) is 3.75. The van der Waals surface area contributed by atoms with Crippen molar-refractivity contribution >= 4 is 56.8 Å². The second-order valence-corrected chi connectivity index (χ2v) is 6.47. The lowest BCUT2D eigenvalue weighted by molar-refractivity contribution is -0.384. The lowest BCUT2D eigenvalue weighted by Gasteiger charge is -2.06. The number of anilines is 1. The number of aliphatic imine (C=N–C) groups is 1. The molecule has 0 radical (unpaired) electrons. The standard InChI is InChI=1S/C11H10ClN3O3S2/c12-8-2-1-7(15(17)18)5-9(8)14-10(16)6-20-11-13-3-4-19-11/h1-2,5H,3-4,6H2,(H,14,16). The Balaban J connectivity index is 1.96. The summed E-state index contributed by atoms with van der Waals surface area (Å²) >= 11 is 8.87. The van der Waals surface area contributed by atoms with E-state index in [1.807, 2.05) is 0 Å². The maximum Gasteiger partial charge on any atom is 0.271 e. The van der Waals surface area contributed by atoms with E-state index < -0.39 is 4.92 Å². The number of amides is 1. The molecule has 1 aromatic carbocycles. The summed E-state index contributed by atoms with van der Waals surface area (Å²) in [6.07, 6.45) is 0. The Bertz CT molecular complexity index is 580. The Morgan fingerprint density at radius 3 is 3.05 bits per heavy atom. The lowest BCUT2D eigenvalue weighted by atomic mass is 10.3. The van der Waals surface area contributed by atoms with Crippen LogP contribution in [0.3, 0.4) is 0 Å². The van der Waals surface area contributed by atoms with Gasteiger partial charge in [-0.15, -0.1) is 0 Å². The minimum absolute atomic E-state index is 0.118. The van der Waals surface area contributed by atoms with Gasteiger partial charge in [0.15, 0.2) is 0 Å². The van der Waals surface area contributed by atoms with E-state index in [-0.39, 0.29) is 28.1 Å². The van der Waals surface area contributed by atoms with Crippen LogP contribution in [0.2, 0.25) is 5.02 Å². The van der Waals surface area contributed by atoms with Crippen LogP contribution >= 0.6 is 35.1 Å². The summed E-state index contributed by atoms with van der Waals surface area (Å²) in [5, 5.41) is 13.5. The van der Waals surface area contributed by atoms with Crippen LogP contribution in [0.1, 0.15) is 0 Å². The highest BCUT2D eigenvalue weighted by molar-refractivity contribution is 8.39. The summed E-state index contributed by atoms with van der Waals surface area (Å²) in [6.45, 7) is 0.783. The van der Waals surface area contributed by atoms with Crippen molar-refractivity contribution in [3.05, 3.63) is 33.3 Å². The Morgan fingerprint density at radius 2 is 2.40 bits per heavy atom. The van der Waals surface area contributed by atoms with Gasteiger partial charge in [-0.25, -0.2) is 0 Å². The molecule has 0 aromatic heterocycles. The molecule has 1 aromatic rings. The van der Waals surface area contributed by atoms with Gasteiger partial charge >= 0.3 is 0 Å². The zero-order chi connectivity index (χ0) is 14.5. The number of thioether (sulfide) groups is 2. The summed E-state index contributed by atoms with van der Waals surface area (Å²) in [5.41, 5.74) is 0.126. The smallest absolute Gasteiger partial charge is 0.271 e. The zero-order valence-corrected chi connectivity index (χ0v) is 12.6. The number of hydrogen-bond donors (Lipinski definition) is 1. The predicted octanol–water partition coefficient (Wildman–Crippen LogP) is 3.02. The molecular formula is C11H10ClN3O3S2. The molecule has 0 aliphatic carbocycles. The quantitative estimate of drug-likeness (QED) is 0.677. The number of carbonyl (C=O) groups is 1. The average Bonchev–Trinajstić information content (AvgIpc) is 2.92. The molecule has 1 N–H and O–H groups in total. The topological polar surface area (TPSA) is 84.6 Å². The molecule has 20 heavy (non-hydrogen) atoms. The van der Waals surface area contributed by atoms with Gasteiger partial charge in [0.25, 0.3) is 5.69 Å². The molecule has 0 unspecified atom stereocenters. The second kappa shape index (κ2) is 6.96. The van der Waals surface area contributed by atoms with Crippen molar-refractivity contribution in [1.29, 1.82) is 0 Å². The van der Waals surface area contributed by atoms with Crippen LogP contribution in [0.15, 0.2) is 23.2 Å². The van der Waals surface area contributed by atoms with Crippen molar-refractivity contribution in [3.8, 4) is 0 Å². The molecule has 1 amide bonds. The maximum atomic E-state index is 11.8. The summed E-state index contributed by atoms with van der Waals surface area (Å²) < 4.78 is 0.894. The highest BCUT2D eigenvalue weighted by Crippen LogP contribution is 2.27. The van der Waals surface area contributed by atoms with Crippen LogP contribution < -0.4 is 5.32 Å². The summed E-state index contributed by atoms with van der Waals surface area (Å²) in [4.78, 5) is 26.1. The lowest BCUT2D eigenvalue weighted by Crippen LogP contribution is -2.15. The molecular weight excluding hydrogens is 322 g/mol. The molecule has 0 atom stereocenters. The number of benzene rings is 1. The molecule has 0 fully saturated rings. The third kappa shape index (κ3) is 4.12. The van der Waals surface area contributed by atoms with Gasteiger partial charge in [-0.05, 0) is 6.07 Å². The van der Waals surface area contributed by atoms with E-state index in [0.29, 0.717) is 0 Å². The number of nitrogens with zero attached hydrogens (tertiary/aromatic N) is 2. The number of rotatable bonds is 4. The van der Waals surface area contributed by atoms with E-state index in [0.717, 1.165) is 16.7 Å². The van der Waals surface area contributed by atoms with Gasteiger partial charge in [0.1, 0.15) is 4.38 Å². The number of nitrogens with one attached hydrogen (secondary N) is 1. The van der Waals surface area contributed by atoms with E-state index in [1.54, 1.807) is 11.8 Å². The molecule has 0 saturated carbocycles. The van der Waals surface area contributed by atoms with E-state index in [2.05, 4.69) is 10.3 Å². The Morgan fingerprint density at radius 1 is 1.60 bits per heavy atom. The number of non-ortho nitro benzene ring substituents is 1. The van der Waals surface area contributed by atoms with Crippen LogP contribution in [0.4, 0.5) is 11.4 Å². The van der Waals surface area contributed by atoms with Crippen LogP contribution in [-0.4, -0.2) is 33.3 Å². The molecule has 0 spiro atoms. The fourth-order valence-corrected chi connectivity index (χ4v) is 3.41. The third-order valence-electron chi connectivity index (χ3n) is 2.32. The Labute approximate surface area is 128 Å². The van der Waals surface area contributed by atoms with Crippen molar-refractivity contribution in [2.75, 3.05) is 23.4 Å². The third-order valence-corrected chi connectivity index (χ3v) is 4.90. The van der Waals surface area contributed by atoms with E-state index in [4.69, 9.17) is 11.6 Å². The minimum atomic E-state index is -0.537. The number of nitro groups is 1. The monoisotopic (exact) mass is 331 g/mol. The minimum Gasteiger partial charge on any atom is -0.324 e. The highest BCUT2D eigenvalue weighted by Gasteiger charge is 2.14. The average molecular weight is 332 g/mol. The predicted molar refractivity (Wildman–Crippen MR) is 84.0 cm³/mol. The summed E-state index contributed by atoms with van der Waals surface area (Å²) in [7, 11) is 0. The first-order valence-corrected chi connectivity index (χ1v) is 7.95. The number of halogens is 1. The molecule has 1 aliphatic heterocycles. The first-order valence-electron chi connectivity index (χ1n) is 5.60. The zero-order valence-electron chi connectivity index (χ0n) is 10.2. The van der Waals surface area contributed by atoms with Gasteiger partial charge < -0.3 is 5.32 Å². The molecule has 9 heteroatoms. The first kappa shape index (κ1) is 15.1. The molecule has 6 nitrogen and oxygen atoms in total. The molecule has 2 rings (SSSR count). The van der Waals surface area contributed by atoms with Crippen molar-refractivity contribution in [3.63, 3.8) is 0 Å². The fraction of sp³-hybridized carbons (Fsp3) is 0.273. The SMILES string of the molecule is O=C(CSC1=NCCS1)Nc1cc([N+](=O)[O-])ccc1Cl. The molecule has 0 saturated heterocycles. The Hall–Kier alpha value is -1.25. The van der Waals surface area contributed by atoms with Crippen molar-refractivity contribution in [2.45, 2.75) is 0 Å². The molecule has 1 heterocycles. The van der Waals surface area contributed by atoms with Gasteiger partial charge in [-0.2, -0.15) is 0 Å². The fourth-order valence-electron chi connectivity index (χ4n) is 1.44. The van der Waals surface area contributed by atoms with Crippen molar-refractivity contribution < 1.29 is 9.72 Å². The largest absolute Gasteiger partial charge is 0.324 e. The van der Waals surface area contributed by atoms with Gasteiger partial charge in [-0.1, -0.05) is 35.1 Å². The van der Waals surface area contributed by atoms with Gasteiger partial charge in [0.05, 0.1) is 27.9 Å². The van der Waals surface area contributed by atoms with Gasteiger partial charge in [0.2, 0.25) is 5.91 Å². The number of hydrogen-bond acceptors (Lipinski definition) is 6. The van der Waals surface area contributed by atoms with E-state index >= 15 is 0 Å².